The zero-order chi connectivity index (χ0) is 10.6. The van der Waals surface area contributed by atoms with Gasteiger partial charge in [0.25, 0.3) is 0 Å². The van der Waals surface area contributed by atoms with Crippen LogP contribution in [0, 0.1) is 5.41 Å². The second-order valence-corrected chi connectivity index (χ2v) is 4.80. The fourth-order valence-corrected chi connectivity index (χ4v) is 1.91. The van der Waals surface area contributed by atoms with Crippen LogP contribution in [0.15, 0.2) is 4.99 Å². The molecule has 0 aromatic carbocycles. The number of hydrogen-bond acceptors (Lipinski definition) is 2. The van der Waals surface area contributed by atoms with Crippen molar-refractivity contribution in [2.75, 3.05) is 7.05 Å². The van der Waals surface area contributed by atoms with Gasteiger partial charge in [0.2, 0.25) is 5.96 Å². The Morgan fingerprint density at radius 1 is 1.36 bits per heavy atom. The van der Waals surface area contributed by atoms with Gasteiger partial charge in [-0.15, -0.1) is 0 Å². The first kappa shape index (κ1) is 11.3. The highest BCUT2D eigenvalue weighted by Crippen LogP contribution is 2.34. The van der Waals surface area contributed by atoms with Gasteiger partial charge in [0.15, 0.2) is 0 Å². The molecular formula is C10H22N4. The minimum absolute atomic E-state index is 0.512. The summed E-state index contributed by atoms with van der Waals surface area (Å²) < 4.78 is 0. The van der Waals surface area contributed by atoms with E-state index < -0.39 is 0 Å². The molecule has 1 saturated carbocycles. The van der Waals surface area contributed by atoms with Crippen molar-refractivity contribution in [3.63, 3.8) is 0 Å². The Balaban J connectivity index is 2.36. The van der Waals surface area contributed by atoms with Crippen molar-refractivity contribution in [2.45, 2.75) is 45.6 Å². The van der Waals surface area contributed by atoms with Crippen LogP contribution in [-0.2, 0) is 0 Å². The molecule has 4 heteroatoms. The minimum atomic E-state index is 0.512. The molecule has 82 valence electrons. The van der Waals surface area contributed by atoms with E-state index in [2.05, 4.69) is 29.6 Å². The molecular weight excluding hydrogens is 176 g/mol. The number of nitrogens with one attached hydrogen (secondary N) is 2. The monoisotopic (exact) mass is 198 g/mol. The summed E-state index contributed by atoms with van der Waals surface area (Å²) in [5.74, 6) is 6.00. The molecule has 14 heavy (non-hydrogen) atoms. The smallest absolute Gasteiger partial charge is 0.205 e. The van der Waals surface area contributed by atoms with E-state index in [4.69, 9.17) is 5.84 Å². The van der Waals surface area contributed by atoms with E-state index >= 15 is 0 Å². The Bertz CT molecular complexity index is 200. The number of nitrogens with two attached hydrogens (primary N) is 1. The quantitative estimate of drug-likeness (QED) is 0.255. The van der Waals surface area contributed by atoms with Crippen LogP contribution in [0.2, 0.25) is 0 Å². The van der Waals surface area contributed by atoms with Gasteiger partial charge in [-0.2, -0.15) is 0 Å². The molecule has 0 aromatic rings. The SMILES string of the molecule is CN=C(NN)NC1CCC(C)(C)CC1. The van der Waals surface area contributed by atoms with Crippen molar-refractivity contribution in [1.82, 2.24) is 10.7 Å². The molecule has 0 saturated heterocycles. The maximum Gasteiger partial charge on any atom is 0.205 e. The number of nitrogens with zero attached hydrogens (tertiary/aromatic N) is 1. The lowest BCUT2D eigenvalue weighted by molar-refractivity contribution is 0.216. The number of hydrogen-bond donors (Lipinski definition) is 3. The Labute approximate surface area is 86.3 Å². The third-order valence-corrected chi connectivity index (χ3v) is 3.04. The largest absolute Gasteiger partial charge is 0.353 e. The van der Waals surface area contributed by atoms with Gasteiger partial charge in [-0.05, 0) is 31.1 Å². The van der Waals surface area contributed by atoms with Crippen molar-refractivity contribution in [3.8, 4) is 0 Å². The van der Waals surface area contributed by atoms with Crippen LogP contribution in [0.25, 0.3) is 0 Å². The van der Waals surface area contributed by atoms with Crippen LogP contribution < -0.4 is 16.6 Å². The molecule has 1 aliphatic rings. The standard InChI is InChI=1S/C10H22N4/c1-10(2)6-4-8(5-7-10)13-9(12-3)14-11/h8H,4-7,11H2,1-3H3,(H2,12,13,14). The van der Waals surface area contributed by atoms with E-state index in [9.17, 15) is 0 Å². The second kappa shape index (κ2) is 4.64. The lowest BCUT2D eigenvalue weighted by atomic mass is 9.76. The van der Waals surface area contributed by atoms with Gasteiger partial charge in [0.1, 0.15) is 0 Å². The number of guanidine groups is 1. The maximum absolute atomic E-state index is 5.31. The predicted molar refractivity (Wildman–Crippen MR) is 59.9 cm³/mol. The van der Waals surface area contributed by atoms with Crippen LogP contribution in [0.1, 0.15) is 39.5 Å². The third-order valence-electron chi connectivity index (χ3n) is 3.04. The first-order valence-corrected chi connectivity index (χ1v) is 5.27. The van der Waals surface area contributed by atoms with Crippen molar-refractivity contribution in [2.24, 2.45) is 16.3 Å². The molecule has 4 nitrogen and oxygen atoms in total. The summed E-state index contributed by atoms with van der Waals surface area (Å²) in [6.07, 6.45) is 4.94. The highest BCUT2D eigenvalue weighted by atomic mass is 15.3. The lowest BCUT2D eigenvalue weighted by Gasteiger charge is -2.35. The summed E-state index contributed by atoms with van der Waals surface area (Å²) in [6.45, 7) is 4.67. The van der Waals surface area contributed by atoms with Gasteiger partial charge >= 0.3 is 0 Å². The van der Waals surface area contributed by atoms with E-state index in [1.807, 2.05) is 0 Å². The summed E-state index contributed by atoms with van der Waals surface area (Å²) in [5.41, 5.74) is 3.07. The molecule has 0 atom stereocenters. The molecule has 1 rings (SSSR count). The molecule has 0 radical (unpaired) electrons. The zero-order valence-corrected chi connectivity index (χ0v) is 9.43. The van der Waals surface area contributed by atoms with Crippen LogP contribution >= 0.6 is 0 Å². The third kappa shape index (κ3) is 3.18. The van der Waals surface area contributed by atoms with E-state index in [0.717, 1.165) is 0 Å². The van der Waals surface area contributed by atoms with Gasteiger partial charge in [-0.1, -0.05) is 13.8 Å². The topological polar surface area (TPSA) is 62.4 Å². The predicted octanol–water partition coefficient (Wildman–Crippen LogP) is 0.994. The van der Waals surface area contributed by atoms with E-state index in [-0.39, 0.29) is 0 Å². The molecule has 0 amide bonds. The molecule has 4 N–H and O–H groups in total. The molecule has 1 aliphatic carbocycles. The molecule has 0 aliphatic heterocycles. The maximum atomic E-state index is 5.31. The Hall–Kier alpha value is -0.770. The minimum Gasteiger partial charge on any atom is -0.353 e. The van der Waals surface area contributed by atoms with Crippen LogP contribution in [-0.4, -0.2) is 19.0 Å². The van der Waals surface area contributed by atoms with E-state index in [1.165, 1.54) is 25.7 Å². The van der Waals surface area contributed by atoms with Gasteiger partial charge in [0, 0.05) is 13.1 Å². The first-order valence-electron chi connectivity index (χ1n) is 5.27. The number of hydrazine groups is 1. The number of rotatable bonds is 1. The second-order valence-electron chi connectivity index (χ2n) is 4.80. The highest BCUT2D eigenvalue weighted by molar-refractivity contribution is 5.79. The Kier molecular flexibility index (Phi) is 3.75. The van der Waals surface area contributed by atoms with E-state index in [0.29, 0.717) is 17.4 Å². The lowest BCUT2D eigenvalue weighted by Crippen LogP contribution is -2.47. The summed E-state index contributed by atoms with van der Waals surface area (Å²) in [7, 11) is 1.73. The summed E-state index contributed by atoms with van der Waals surface area (Å²) in [4.78, 5) is 4.01. The normalized spacial score (nSPS) is 23.3. The summed E-state index contributed by atoms with van der Waals surface area (Å²) in [5, 5.41) is 3.31. The zero-order valence-electron chi connectivity index (χ0n) is 9.43. The van der Waals surface area contributed by atoms with Crippen molar-refractivity contribution in [1.29, 1.82) is 0 Å². The van der Waals surface area contributed by atoms with E-state index in [1.54, 1.807) is 7.05 Å². The Morgan fingerprint density at radius 2 is 1.93 bits per heavy atom. The molecule has 0 aromatic heterocycles. The van der Waals surface area contributed by atoms with Gasteiger partial charge in [-0.3, -0.25) is 10.4 Å². The molecule has 0 unspecified atom stereocenters. The van der Waals surface area contributed by atoms with Gasteiger partial charge in [0.05, 0.1) is 0 Å². The van der Waals surface area contributed by atoms with Crippen molar-refractivity contribution in [3.05, 3.63) is 0 Å². The fraction of sp³-hybridized carbons (Fsp3) is 0.900. The van der Waals surface area contributed by atoms with Crippen molar-refractivity contribution >= 4 is 5.96 Å². The van der Waals surface area contributed by atoms with Crippen LogP contribution in [0.3, 0.4) is 0 Å². The van der Waals surface area contributed by atoms with Crippen LogP contribution in [0.4, 0.5) is 0 Å². The van der Waals surface area contributed by atoms with Gasteiger partial charge in [-0.25, -0.2) is 5.84 Å². The fourth-order valence-electron chi connectivity index (χ4n) is 1.91. The highest BCUT2D eigenvalue weighted by Gasteiger charge is 2.26. The first-order chi connectivity index (χ1) is 6.57. The van der Waals surface area contributed by atoms with Crippen molar-refractivity contribution < 1.29 is 0 Å². The summed E-state index contributed by atoms with van der Waals surface area (Å²) in [6, 6.07) is 0.526. The molecule has 0 spiro atoms. The average Bonchev–Trinajstić information content (AvgIpc) is 2.16. The molecule has 0 heterocycles. The Morgan fingerprint density at radius 3 is 2.36 bits per heavy atom. The van der Waals surface area contributed by atoms with Gasteiger partial charge < -0.3 is 5.32 Å². The van der Waals surface area contributed by atoms with Crippen LogP contribution in [0.5, 0.6) is 0 Å². The molecule has 1 fully saturated rings. The average molecular weight is 198 g/mol. The summed E-state index contributed by atoms with van der Waals surface area (Å²) >= 11 is 0. The molecule has 0 bridgehead atoms. The number of aliphatic imine (C=N–C) groups is 1.